The van der Waals surface area contributed by atoms with Crippen LogP contribution in [0.3, 0.4) is 0 Å². The molecule has 22 rings (SSSR count). The van der Waals surface area contributed by atoms with Crippen LogP contribution < -0.4 is 0 Å². The lowest BCUT2D eigenvalue weighted by Crippen LogP contribution is -1.89. The summed E-state index contributed by atoms with van der Waals surface area (Å²) in [4.78, 5) is 0. The Morgan fingerprint density at radius 2 is 0.223 bits per heavy atom. The van der Waals surface area contributed by atoms with Crippen molar-refractivity contribution in [1.29, 1.82) is 0 Å². The van der Waals surface area contributed by atoms with Crippen molar-refractivity contribution in [3.63, 3.8) is 0 Å². The predicted molar refractivity (Wildman–Crippen MR) is 411 cm³/mol. The van der Waals surface area contributed by atoms with Crippen LogP contribution >= 0.6 is 0 Å². The van der Waals surface area contributed by atoms with Gasteiger partial charge in [0, 0.05) is 0 Å². The Bertz CT molecular complexity index is 5080. The van der Waals surface area contributed by atoms with Crippen LogP contribution in [0.2, 0.25) is 0 Å². The van der Waals surface area contributed by atoms with E-state index >= 15 is 0 Å². The number of benzene rings is 22. The smallest absolute Gasteiger partial charge is 0.00264 e. The van der Waals surface area contributed by atoms with Crippen molar-refractivity contribution in [2.45, 2.75) is 12.8 Å². The molecule has 0 atom stereocenters. The average molecular weight is 1190 g/mol. The zero-order valence-corrected chi connectivity index (χ0v) is 51.9. The van der Waals surface area contributed by atoms with Gasteiger partial charge in [-0.25, -0.2) is 0 Å². The van der Waals surface area contributed by atoms with Gasteiger partial charge in [0.15, 0.2) is 0 Å². The van der Waals surface area contributed by atoms with Gasteiger partial charge in [-0.15, -0.1) is 0 Å². The maximum absolute atomic E-state index is 2.25. The summed E-state index contributed by atoms with van der Waals surface area (Å²) >= 11 is 0. The molecule has 22 aromatic rings. The highest BCUT2D eigenvalue weighted by Gasteiger charge is 2.16. The molecule has 22 aromatic carbocycles. The Morgan fingerprint density at radius 3 is 0.340 bits per heavy atom. The molecule has 0 saturated carbocycles. The molecule has 0 aromatic heterocycles. The molecule has 0 aliphatic heterocycles. The van der Waals surface area contributed by atoms with Crippen molar-refractivity contribution in [2.24, 2.45) is 0 Å². The fourth-order valence-electron chi connectivity index (χ4n) is 15.9. The maximum Gasteiger partial charge on any atom is -0.00264 e. The van der Waals surface area contributed by atoms with Gasteiger partial charge in [-0.1, -0.05) is 352 Å². The second-order valence-electron chi connectivity index (χ2n) is 25.1. The summed E-state index contributed by atoms with van der Waals surface area (Å²) in [7, 11) is 0. The molecular weight excluding hydrogens is 1130 g/mol. The first-order valence-corrected chi connectivity index (χ1v) is 32.9. The SMILES string of the molecule is c1cc2cccc3c4cccc5cccc(c(c1)c23)c54.c1cc2cccc3c4cccc5cccc(c(c1)c23)c54.c1cc2cccc3c4cccc5cccc(c(c1)c23)c54.c1cc2cccc3c4cccc5cccc(c(c1)c23)c54.c1ccc(CCc2ccccc2)cc1. The van der Waals surface area contributed by atoms with Gasteiger partial charge in [-0.2, -0.15) is 0 Å². The summed E-state index contributed by atoms with van der Waals surface area (Å²) < 4.78 is 0. The summed E-state index contributed by atoms with van der Waals surface area (Å²) in [5, 5.41) is 43.5. The van der Waals surface area contributed by atoms with Gasteiger partial charge in [0.2, 0.25) is 0 Å². The van der Waals surface area contributed by atoms with E-state index in [2.05, 4.69) is 352 Å². The summed E-state index contributed by atoms with van der Waals surface area (Å²) in [5.41, 5.74) is 2.83. The first-order chi connectivity index (χ1) is 46.7. The topological polar surface area (TPSA) is 0 Å². The zero-order valence-electron chi connectivity index (χ0n) is 51.9. The average Bonchev–Trinajstić information content (AvgIpc) is 0.786. The van der Waals surface area contributed by atoms with Crippen LogP contribution in [0.1, 0.15) is 11.1 Å². The van der Waals surface area contributed by atoms with Crippen LogP contribution in [-0.4, -0.2) is 0 Å². The largest absolute Gasteiger partial charge is 0.0622 e. The number of hydrogen-bond donors (Lipinski definition) is 0. The number of fused-ring (bicyclic) bond motifs is 8. The van der Waals surface area contributed by atoms with E-state index in [1.807, 2.05) is 0 Å². The van der Waals surface area contributed by atoms with Gasteiger partial charge in [0.05, 0.1) is 0 Å². The summed E-state index contributed by atoms with van der Waals surface area (Å²) in [6.07, 6.45) is 2.26. The summed E-state index contributed by atoms with van der Waals surface area (Å²) in [6.45, 7) is 0. The Morgan fingerprint density at radius 1 is 0.106 bits per heavy atom. The highest BCUT2D eigenvalue weighted by Crippen LogP contribution is 2.44. The molecule has 0 heterocycles. The third-order valence-electron chi connectivity index (χ3n) is 19.9. The van der Waals surface area contributed by atoms with E-state index in [0.717, 1.165) is 12.8 Å². The highest BCUT2D eigenvalue weighted by atomic mass is 14.2. The maximum atomic E-state index is 2.25. The van der Waals surface area contributed by atoms with Gasteiger partial charge in [0.25, 0.3) is 0 Å². The van der Waals surface area contributed by atoms with E-state index in [1.54, 1.807) is 0 Å². The zero-order chi connectivity index (χ0) is 62.1. The van der Waals surface area contributed by atoms with Crippen LogP contribution in [0.4, 0.5) is 0 Å². The number of aryl methyl sites for hydroxylation is 2. The minimum Gasteiger partial charge on any atom is -0.0622 e. The fraction of sp³-hybridized carbons (Fsp3) is 0.0213. The van der Waals surface area contributed by atoms with Gasteiger partial charge >= 0.3 is 0 Å². The third kappa shape index (κ3) is 9.21. The molecule has 0 aliphatic rings. The molecular formula is C94H62. The Labute approximate surface area is 544 Å². The molecule has 0 amide bonds. The minimum absolute atomic E-state index is 1.13. The van der Waals surface area contributed by atoms with Gasteiger partial charge < -0.3 is 0 Å². The van der Waals surface area contributed by atoms with Crippen molar-refractivity contribution in [3.05, 3.63) is 363 Å². The van der Waals surface area contributed by atoms with Crippen molar-refractivity contribution in [3.8, 4) is 0 Å². The third-order valence-corrected chi connectivity index (χ3v) is 19.9. The van der Waals surface area contributed by atoms with Crippen LogP contribution in [0.15, 0.2) is 352 Å². The molecule has 94 heavy (non-hydrogen) atoms. The Hall–Kier alpha value is -12.0. The Balaban J connectivity index is 0.0000000867. The van der Waals surface area contributed by atoms with E-state index in [9.17, 15) is 0 Å². The lowest BCUT2D eigenvalue weighted by Gasteiger charge is -2.13. The monoisotopic (exact) mass is 1190 g/mol. The normalized spacial score (nSPS) is 11.7. The number of hydrogen-bond acceptors (Lipinski definition) is 0. The molecule has 0 bridgehead atoms. The second-order valence-corrected chi connectivity index (χ2v) is 25.1. The first-order valence-electron chi connectivity index (χ1n) is 32.9. The fourth-order valence-corrected chi connectivity index (χ4v) is 15.9. The molecule has 0 radical (unpaired) electrons. The minimum atomic E-state index is 1.13. The summed E-state index contributed by atoms with van der Waals surface area (Å²) in [5.74, 6) is 0. The molecule has 0 aliphatic carbocycles. The van der Waals surface area contributed by atoms with Crippen LogP contribution in [-0.2, 0) is 12.8 Å². The molecule has 0 unspecified atom stereocenters. The number of rotatable bonds is 3. The van der Waals surface area contributed by atoms with Crippen molar-refractivity contribution >= 4 is 172 Å². The van der Waals surface area contributed by atoms with E-state index in [0.29, 0.717) is 0 Å². The molecule has 0 nitrogen and oxygen atoms in total. The molecule has 0 spiro atoms. The first kappa shape index (κ1) is 54.9. The van der Waals surface area contributed by atoms with Crippen LogP contribution in [0.5, 0.6) is 0 Å². The Kier molecular flexibility index (Phi) is 13.5. The molecule has 0 saturated heterocycles. The predicted octanol–water partition coefficient (Wildman–Crippen LogP) is 26.4. The quantitative estimate of drug-likeness (QED) is 0.122. The van der Waals surface area contributed by atoms with Crippen molar-refractivity contribution in [1.82, 2.24) is 0 Å². The highest BCUT2D eigenvalue weighted by molar-refractivity contribution is 6.36. The van der Waals surface area contributed by atoms with Crippen LogP contribution in [0.25, 0.3) is 172 Å². The van der Waals surface area contributed by atoms with E-state index in [4.69, 9.17) is 0 Å². The lowest BCUT2D eigenvalue weighted by molar-refractivity contribution is 0.960. The van der Waals surface area contributed by atoms with Crippen LogP contribution in [0, 0.1) is 0 Å². The van der Waals surface area contributed by atoms with Crippen molar-refractivity contribution < 1.29 is 0 Å². The summed E-state index contributed by atoms with van der Waals surface area (Å²) in [6, 6.07) is 127. The molecule has 0 heteroatoms. The molecule has 0 fully saturated rings. The van der Waals surface area contributed by atoms with Gasteiger partial charge in [0.1, 0.15) is 0 Å². The standard InChI is InChI=1S/4C20H12.C14H14/c4*1-5-13-6-2-11-17-18-12-4-8-14-7-3-10-16(20(14)18)15(9-1)19(13)17;1-3-7-13(8-4-1)11-12-14-9-5-2-6-10-14/h4*1-12H;1-10H,11-12H2. The van der Waals surface area contributed by atoms with E-state index in [-0.39, 0.29) is 0 Å². The van der Waals surface area contributed by atoms with Gasteiger partial charge in [-0.05, 0) is 196 Å². The second kappa shape index (κ2) is 23.1. The van der Waals surface area contributed by atoms with E-state index in [1.165, 1.54) is 183 Å². The van der Waals surface area contributed by atoms with Gasteiger partial charge in [-0.3, -0.25) is 0 Å². The lowest BCUT2D eigenvalue weighted by atomic mass is 9.90. The van der Waals surface area contributed by atoms with E-state index < -0.39 is 0 Å². The van der Waals surface area contributed by atoms with Crippen molar-refractivity contribution in [2.75, 3.05) is 0 Å². The molecule has 438 valence electrons. The molecule has 0 N–H and O–H groups in total.